The lowest BCUT2D eigenvalue weighted by Gasteiger charge is -2.03. The van der Waals surface area contributed by atoms with Gasteiger partial charge in [-0.15, -0.1) is 11.3 Å². The summed E-state index contributed by atoms with van der Waals surface area (Å²) in [7, 11) is -3.72. The number of amides is 1. The smallest absolute Gasteiger partial charge is 0.265 e. The van der Waals surface area contributed by atoms with Crippen molar-refractivity contribution in [3.05, 3.63) is 76.4 Å². The predicted molar refractivity (Wildman–Crippen MR) is 95.6 cm³/mol. The van der Waals surface area contributed by atoms with Crippen LogP contribution in [0.5, 0.6) is 0 Å². The largest absolute Gasteiger partial charge is 0.321 e. The summed E-state index contributed by atoms with van der Waals surface area (Å²) in [5.74, 6) is -0.875. The van der Waals surface area contributed by atoms with Crippen molar-refractivity contribution in [2.45, 2.75) is 9.10 Å². The van der Waals surface area contributed by atoms with Gasteiger partial charge in [0.05, 0.1) is 9.77 Å². The molecule has 0 spiro atoms. The molecule has 3 aromatic rings. The van der Waals surface area contributed by atoms with Gasteiger partial charge in [-0.1, -0.05) is 11.6 Å². The van der Waals surface area contributed by atoms with E-state index in [0.29, 0.717) is 10.7 Å². The summed E-state index contributed by atoms with van der Waals surface area (Å²) in [4.78, 5) is 12.5. The molecule has 25 heavy (non-hydrogen) atoms. The van der Waals surface area contributed by atoms with Gasteiger partial charge in [-0.2, -0.15) is 0 Å². The van der Waals surface area contributed by atoms with Crippen LogP contribution in [0.3, 0.4) is 0 Å². The van der Waals surface area contributed by atoms with E-state index in [1.165, 1.54) is 60.7 Å². The summed E-state index contributed by atoms with van der Waals surface area (Å²) in [6.07, 6.45) is 0. The molecule has 0 saturated heterocycles. The van der Waals surface area contributed by atoms with Crippen LogP contribution in [0.2, 0.25) is 5.02 Å². The second-order valence-electron chi connectivity index (χ2n) is 5.04. The Morgan fingerprint density at radius 3 is 2.24 bits per heavy atom. The summed E-state index contributed by atoms with van der Waals surface area (Å²) in [5.41, 5.74) is 0.418. The molecular weight excluding hydrogens is 385 g/mol. The van der Waals surface area contributed by atoms with Crippen LogP contribution in [0.15, 0.2) is 69.8 Å². The molecule has 0 bridgehead atoms. The van der Waals surface area contributed by atoms with Gasteiger partial charge in [0.1, 0.15) is 10.0 Å². The molecule has 3 rings (SSSR count). The van der Waals surface area contributed by atoms with Gasteiger partial charge in [0, 0.05) is 10.7 Å². The van der Waals surface area contributed by atoms with Crippen LogP contribution >= 0.6 is 22.9 Å². The summed E-state index contributed by atoms with van der Waals surface area (Å²) < 4.78 is 38.1. The first-order chi connectivity index (χ1) is 11.9. The lowest BCUT2D eigenvalue weighted by Crippen LogP contribution is -2.09. The zero-order chi connectivity index (χ0) is 18.0. The third-order valence-electron chi connectivity index (χ3n) is 3.30. The summed E-state index contributed by atoms with van der Waals surface area (Å²) in [6, 6.07) is 13.9. The lowest BCUT2D eigenvalue weighted by molar-refractivity contribution is 0.103. The fourth-order valence-corrected chi connectivity index (χ4v) is 4.77. The van der Waals surface area contributed by atoms with Crippen molar-refractivity contribution < 1.29 is 17.6 Å². The SMILES string of the molecule is O=C(Nc1ccc(F)cc1)c1ccc(S(=O)(=O)c2ccc(Cl)cc2)s1. The highest BCUT2D eigenvalue weighted by Gasteiger charge is 2.21. The minimum atomic E-state index is -3.72. The maximum Gasteiger partial charge on any atom is 0.265 e. The molecule has 8 heteroatoms. The highest BCUT2D eigenvalue weighted by Crippen LogP contribution is 2.29. The second-order valence-corrected chi connectivity index (χ2v) is 8.73. The topological polar surface area (TPSA) is 63.2 Å². The molecule has 0 atom stereocenters. The van der Waals surface area contributed by atoms with E-state index in [0.717, 1.165) is 11.3 Å². The lowest BCUT2D eigenvalue weighted by atomic mass is 10.3. The van der Waals surface area contributed by atoms with E-state index in [4.69, 9.17) is 11.6 Å². The van der Waals surface area contributed by atoms with Crippen molar-refractivity contribution in [1.29, 1.82) is 0 Å². The molecule has 0 aliphatic heterocycles. The molecular formula is C17H11ClFNO3S2. The van der Waals surface area contributed by atoms with E-state index in [1.807, 2.05) is 0 Å². The third kappa shape index (κ3) is 3.89. The van der Waals surface area contributed by atoms with Crippen LogP contribution in [-0.4, -0.2) is 14.3 Å². The summed E-state index contributed by atoms with van der Waals surface area (Å²) in [6.45, 7) is 0. The first-order valence-corrected chi connectivity index (χ1v) is 9.71. The first-order valence-electron chi connectivity index (χ1n) is 7.04. The van der Waals surface area contributed by atoms with Crippen molar-refractivity contribution in [3.63, 3.8) is 0 Å². The van der Waals surface area contributed by atoms with E-state index in [1.54, 1.807) is 0 Å². The van der Waals surface area contributed by atoms with Crippen molar-refractivity contribution in [2.75, 3.05) is 5.32 Å². The fourth-order valence-electron chi connectivity index (χ4n) is 2.04. The molecule has 0 saturated carbocycles. The molecule has 0 aliphatic carbocycles. The molecule has 1 amide bonds. The zero-order valence-corrected chi connectivity index (χ0v) is 15.0. The Morgan fingerprint density at radius 2 is 1.60 bits per heavy atom. The van der Waals surface area contributed by atoms with Gasteiger partial charge in [0.15, 0.2) is 0 Å². The minimum absolute atomic E-state index is 0.0547. The average molecular weight is 396 g/mol. The van der Waals surface area contributed by atoms with Crippen LogP contribution < -0.4 is 5.32 Å². The Hall–Kier alpha value is -2.22. The van der Waals surface area contributed by atoms with Gasteiger partial charge in [0.2, 0.25) is 9.84 Å². The Labute approximate surface area is 152 Å². The molecule has 4 nitrogen and oxygen atoms in total. The maximum absolute atomic E-state index is 12.9. The van der Waals surface area contributed by atoms with E-state index in [9.17, 15) is 17.6 Å². The highest BCUT2D eigenvalue weighted by atomic mass is 35.5. The summed E-state index contributed by atoms with van der Waals surface area (Å²) in [5, 5.41) is 3.02. The number of hydrogen-bond donors (Lipinski definition) is 1. The van der Waals surface area contributed by atoms with E-state index in [-0.39, 0.29) is 14.0 Å². The number of hydrogen-bond acceptors (Lipinski definition) is 4. The maximum atomic E-state index is 12.9. The molecule has 0 aliphatic rings. The molecule has 2 aromatic carbocycles. The predicted octanol–water partition coefficient (Wildman–Crippen LogP) is 4.63. The van der Waals surface area contributed by atoms with Gasteiger partial charge >= 0.3 is 0 Å². The Kier molecular flexibility index (Phi) is 4.89. The third-order valence-corrected chi connectivity index (χ3v) is 6.89. The van der Waals surface area contributed by atoms with E-state index < -0.39 is 21.6 Å². The van der Waals surface area contributed by atoms with Crippen molar-refractivity contribution in [2.24, 2.45) is 0 Å². The van der Waals surface area contributed by atoms with Crippen LogP contribution in [0, 0.1) is 5.82 Å². The van der Waals surface area contributed by atoms with Crippen molar-refractivity contribution >= 4 is 44.4 Å². The van der Waals surface area contributed by atoms with Crippen molar-refractivity contribution in [3.8, 4) is 0 Å². The van der Waals surface area contributed by atoms with Gasteiger partial charge in [0.25, 0.3) is 5.91 Å². The van der Waals surface area contributed by atoms with Crippen molar-refractivity contribution in [1.82, 2.24) is 0 Å². The number of halogens is 2. The number of anilines is 1. The molecule has 1 N–H and O–H groups in total. The van der Waals surface area contributed by atoms with Crippen LogP contribution in [-0.2, 0) is 9.84 Å². The normalized spacial score (nSPS) is 11.3. The molecule has 0 unspecified atom stereocenters. The van der Waals surface area contributed by atoms with E-state index >= 15 is 0 Å². The second kappa shape index (κ2) is 6.95. The quantitative estimate of drug-likeness (QED) is 0.700. The molecule has 128 valence electrons. The Balaban J connectivity index is 1.82. The number of carbonyl (C=O) groups excluding carboxylic acids is 1. The number of thiophene rings is 1. The Bertz CT molecular complexity index is 1010. The number of benzene rings is 2. The monoisotopic (exact) mass is 395 g/mol. The first kappa shape index (κ1) is 17.6. The number of rotatable bonds is 4. The number of nitrogens with one attached hydrogen (secondary N) is 1. The van der Waals surface area contributed by atoms with Gasteiger partial charge in [-0.3, -0.25) is 4.79 Å². The minimum Gasteiger partial charge on any atom is -0.321 e. The standard InChI is InChI=1S/C17H11ClFNO3S2/c18-11-1-7-14(8-2-11)25(22,23)16-10-9-15(24-16)17(21)20-13-5-3-12(19)4-6-13/h1-10H,(H,20,21). The highest BCUT2D eigenvalue weighted by molar-refractivity contribution is 7.93. The summed E-state index contributed by atoms with van der Waals surface area (Å²) >= 11 is 6.63. The Morgan fingerprint density at radius 1 is 0.960 bits per heavy atom. The van der Waals surface area contributed by atoms with E-state index in [2.05, 4.69) is 5.32 Å². The number of carbonyl (C=O) groups is 1. The van der Waals surface area contributed by atoms with Gasteiger partial charge in [-0.05, 0) is 60.7 Å². The number of sulfone groups is 1. The van der Waals surface area contributed by atoms with Gasteiger partial charge < -0.3 is 5.32 Å². The molecule has 0 fully saturated rings. The molecule has 1 aromatic heterocycles. The molecule has 1 heterocycles. The zero-order valence-electron chi connectivity index (χ0n) is 12.6. The average Bonchev–Trinajstić information content (AvgIpc) is 3.08. The van der Waals surface area contributed by atoms with Gasteiger partial charge in [-0.25, -0.2) is 12.8 Å². The molecule has 0 radical (unpaired) electrons. The fraction of sp³-hybridized carbons (Fsp3) is 0. The van der Waals surface area contributed by atoms with Crippen LogP contribution in [0.1, 0.15) is 9.67 Å². The van der Waals surface area contributed by atoms with Crippen LogP contribution in [0.4, 0.5) is 10.1 Å². The van der Waals surface area contributed by atoms with Crippen LogP contribution in [0.25, 0.3) is 0 Å².